The molecule has 0 aromatic carbocycles. The fraction of sp³-hybridized carbons (Fsp3) is 0.500. The van der Waals surface area contributed by atoms with Crippen LogP contribution in [0.4, 0.5) is 5.82 Å². The molecule has 1 aromatic heterocycles. The highest BCUT2D eigenvalue weighted by Gasteiger charge is 2.13. The van der Waals surface area contributed by atoms with Crippen LogP contribution in [0, 0.1) is 18.3 Å². The molecule has 5 nitrogen and oxygen atoms in total. The summed E-state index contributed by atoms with van der Waals surface area (Å²) in [7, 11) is 0. The Bertz CT molecular complexity index is 393. The molecule has 0 atom stereocenters. The molecule has 0 bridgehead atoms. The molecule has 1 aromatic rings. The molecule has 0 aliphatic carbocycles. The Balaban J connectivity index is 2.27. The Kier molecular flexibility index (Phi) is 2.79. The zero-order valence-corrected chi connectivity index (χ0v) is 8.60. The van der Waals surface area contributed by atoms with Crippen molar-refractivity contribution < 1.29 is 4.74 Å². The summed E-state index contributed by atoms with van der Waals surface area (Å²) in [4.78, 5) is 10.4. The quantitative estimate of drug-likeness (QED) is 0.666. The van der Waals surface area contributed by atoms with Crippen LogP contribution in [0.1, 0.15) is 11.5 Å². The third-order valence-electron chi connectivity index (χ3n) is 2.27. The van der Waals surface area contributed by atoms with Crippen LogP contribution in [0.3, 0.4) is 0 Å². The van der Waals surface area contributed by atoms with Gasteiger partial charge in [-0.2, -0.15) is 5.26 Å². The number of aromatic nitrogens is 2. The van der Waals surface area contributed by atoms with E-state index in [1.54, 1.807) is 13.0 Å². The number of nitrogens with zero attached hydrogens (tertiary/aromatic N) is 4. The first kappa shape index (κ1) is 9.87. The number of nitriles is 1. The van der Waals surface area contributed by atoms with Gasteiger partial charge in [0.2, 0.25) is 0 Å². The van der Waals surface area contributed by atoms with E-state index in [1.807, 2.05) is 6.07 Å². The molecule has 2 heterocycles. The molecule has 5 heteroatoms. The highest BCUT2D eigenvalue weighted by atomic mass is 16.5. The van der Waals surface area contributed by atoms with Crippen molar-refractivity contribution in [3.8, 4) is 6.07 Å². The molecule has 0 radical (unpaired) electrons. The van der Waals surface area contributed by atoms with Crippen LogP contribution in [0.15, 0.2) is 6.07 Å². The third kappa shape index (κ3) is 2.22. The molecule has 0 amide bonds. The lowest BCUT2D eigenvalue weighted by Gasteiger charge is -2.27. The molecule has 1 aliphatic rings. The lowest BCUT2D eigenvalue weighted by molar-refractivity contribution is 0.122. The summed E-state index contributed by atoms with van der Waals surface area (Å²) in [6.07, 6.45) is 0. The maximum atomic E-state index is 8.80. The van der Waals surface area contributed by atoms with Crippen molar-refractivity contribution in [1.82, 2.24) is 9.97 Å². The van der Waals surface area contributed by atoms with Gasteiger partial charge in [-0.15, -0.1) is 0 Å². The summed E-state index contributed by atoms with van der Waals surface area (Å²) < 4.78 is 5.26. The van der Waals surface area contributed by atoms with Gasteiger partial charge in [-0.3, -0.25) is 0 Å². The minimum atomic E-state index is 0.420. The number of morpholine rings is 1. The van der Waals surface area contributed by atoms with E-state index in [-0.39, 0.29) is 0 Å². The van der Waals surface area contributed by atoms with E-state index in [0.717, 1.165) is 18.9 Å². The summed E-state index contributed by atoms with van der Waals surface area (Å²) in [5, 5.41) is 8.80. The Labute approximate surface area is 88.3 Å². The summed E-state index contributed by atoms with van der Waals surface area (Å²) in [5.74, 6) is 1.46. The maximum absolute atomic E-state index is 8.80. The van der Waals surface area contributed by atoms with E-state index in [9.17, 15) is 0 Å². The third-order valence-corrected chi connectivity index (χ3v) is 2.27. The maximum Gasteiger partial charge on any atom is 0.146 e. The highest BCUT2D eigenvalue weighted by Crippen LogP contribution is 2.13. The molecular formula is C10H12N4O. The van der Waals surface area contributed by atoms with Crippen LogP contribution in [0.2, 0.25) is 0 Å². The van der Waals surface area contributed by atoms with Crippen LogP contribution in [0.25, 0.3) is 0 Å². The summed E-state index contributed by atoms with van der Waals surface area (Å²) in [6, 6.07) is 3.76. The lowest BCUT2D eigenvalue weighted by Crippen LogP contribution is -2.37. The zero-order chi connectivity index (χ0) is 10.7. The Morgan fingerprint density at radius 3 is 2.80 bits per heavy atom. The topological polar surface area (TPSA) is 62.0 Å². The predicted molar refractivity (Wildman–Crippen MR) is 54.5 cm³/mol. The van der Waals surface area contributed by atoms with Crippen molar-refractivity contribution in [3.05, 3.63) is 17.6 Å². The number of hydrogen-bond donors (Lipinski definition) is 0. The van der Waals surface area contributed by atoms with Gasteiger partial charge in [0.25, 0.3) is 0 Å². The second-order valence-electron chi connectivity index (χ2n) is 3.37. The average molecular weight is 204 g/mol. The normalized spacial score (nSPS) is 16.1. The zero-order valence-electron chi connectivity index (χ0n) is 8.60. The van der Waals surface area contributed by atoms with E-state index < -0.39 is 0 Å². The van der Waals surface area contributed by atoms with Gasteiger partial charge < -0.3 is 9.64 Å². The Hall–Kier alpha value is -1.67. The van der Waals surface area contributed by atoms with Crippen molar-refractivity contribution >= 4 is 5.82 Å². The van der Waals surface area contributed by atoms with Gasteiger partial charge in [-0.05, 0) is 6.92 Å². The number of rotatable bonds is 1. The molecule has 2 rings (SSSR count). The van der Waals surface area contributed by atoms with Crippen molar-refractivity contribution in [2.24, 2.45) is 0 Å². The summed E-state index contributed by atoms with van der Waals surface area (Å²) in [6.45, 7) is 4.86. The fourth-order valence-corrected chi connectivity index (χ4v) is 1.56. The minimum Gasteiger partial charge on any atom is -0.378 e. The molecule has 1 saturated heterocycles. The molecule has 1 aliphatic heterocycles. The second-order valence-corrected chi connectivity index (χ2v) is 3.37. The molecule has 0 unspecified atom stereocenters. The van der Waals surface area contributed by atoms with Gasteiger partial charge in [0.15, 0.2) is 0 Å². The molecule has 15 heavy (non-hydrogen) atoms. The van der Waals surface area contributed by atoms with E-state index in [4.69, 9.17) is 10.00 Å². The van der Waals surface area contributed by atoms with Gasteiger partial charge in [-0.1, -0.05) is 0 Å². The Morgan fingerprint density at radius 2 is 2.13 bits per heavy atom. The Morgan fingerprint density at radius 1 is 1.40 bits per heavy atom. The van der Waals surface area contributed by atoms with Crippen LogP contribution in [0.5, 0.6) is 0 Å². The van der Waals surface area contributed by atoms with Gasteiger partial charge in [0.05, 0.1) is 13.2 Å². The van der Waals surface area contributed by atoms with Crippen molar-refractivity contribution in [2.75, 3.05) is 31.2 Å². The monoisotopic (exact) mass is 204 g/mol. The van der Waals surface area contributed by atoms with Crippen molar-refractivity contribution in [1.29, 1.82) is 5.26 Å². The number of ether oxygens (including phenoxy) is 1. The molecule has 1 fully saturated rings. The van der Waals surface area contributed by atoms with Crippen molar-refractivity contribution in [2.45, 2.75) is 6.92 Å². The second kappa shape index (κ2) is 4.24. The van der Waals surface area contributed by atoms with Crippen LogP contribution < -0.4 is 4.90 Å². The highest BCUT2D eigenvalue weighted by molar-refractivity contribution is 5.43. The standard InChI is InChI=1S/C10H12N4O/c1-8-12-9(7-11)6-10(13-8)14-2-4-15-5-3-14/h6H,2-5H2,1H3. The molecule has 0 saturated carbocycles. The summed E-state index contributed by atoms with van der Waals surface area (Å²) in [5.41, 5.74) is 0.420. The van der Waals surface area contributed by atoms with E-state index >= 15 is 0 Å². The minimum absolute atomic E-state index is 0.420. The first-order chi connectivity index (χ1) is 7.29. The number of anilines is 1. The molecular weight excluding hydrogens is 192 g/mol. The SMILES string of the molecule is Cc1nc(C#N)cc(N2CCOCC2)n1. The van der Waals surface area contributed by atoms with Gasteiger partial charge in [0, 0.05) is 19.2 Å². The lowest BCUT2D eigenvalue weighted by atomic mass is 10.3. The van der Waals surface area contributed by atoms with Crippen molar-refractivity contribution in [3.63, 3.8) is 0 Å². The van der Waals surface area contributed by atoms with Gasteiger partial charge in [0.1, 0.15) is 23.4 Å². The number of hydrogen-bond acceptors (Lipinski definition) is 5. The smallest absolute Gasteiger partial charge is 0.146 e. The van der Waals surface area contributed by atoms with Crippen LogP contribution in [-0.4, -0.2) is 36.3 Å². The predicted octanol–water partition coefficient (Wildman–Crippen LogP) is 0.493. The van der Waals surface area contributed by atoms with E-state index in [1.165, 1.54) is 0 Å². The van der Waals surface area contributed by atoms with Gasteiger partial charge in [-0.25, -0.2) is 9.97 Å². The average Bonchev–Trinajstić information content (AvgIpc) is 2.29. The fourth-order valence-electron chi connectivity index (χ4n) is 1.56. The van der Waals surface area contributed by atoms with E-state index in [0.29, 0.717) is 24.7 Å². The van der Waals surface area contributed by atoms with Crippen LogP contribution in [-0.2, 0) is 4.74 Å². The molecule has 78 valence electrons. The molecule has 0 spiro atoms. The first-order valence-electron chi connectivity index (χ1n) is 4.88. The summed E-state index contributed by atoms with van der Waals surface area (Å²) >= 11 is 0. The molecule has 0 N–H and O–H groups in total. The number of aryl methyl sites for hydroxylation is 1. The van der Waals surface area contributed by atoms with Gasteiger partial charge >= 0.3 is 0 Å². The van der Waals surface area contributed by atoms with E-state index in [2.05, 4.69) is 14.9 Å². The first-order valence-corrected chi connectivity index (χ1v) is 4.88. The van der Waals surface area contributed by atoms with Crippen LogP contribution >= 0.6 is 0 Å². The largest absolute Gasteiger partial charge is 0.378 e.